The van der Waals surface area contributed by atoms with E-state index in [1.54, 1.807) is 0 Å². The molecule has 0 heterocycles. The summed E-state index contributed by atoms with van der Waals surface area (Å²) in [6.45, 7) is 4.90. The molecule has 1 unspecified atom stereocenters. The molecular formula is C11H18ClMgN. The maximum absolute atomic E-state index is 6.16. The average Bonchev–Trinajstić information content (AvgIpc) is 2.17. The van der Waals surface area contributed by atoms with Crippen LogP contribution in [0.5, 0.6) is 0 Å². The topological polar surface area (TPSA) is 12.0 Å². The number of benzene rings is 1. The van der Waals surface area contributed by atoms with Crippen molar-refractivity contribution in [3.8, 4) is 0 Å². The molecule has 0 aliphatic rings. The Labute approximate surface area is 107 Å². The molecule has 1 aromatic rings. The Balaban J connectivity index is 0.00000169. The first-order chi connectivity index (χ1) is 6.14. The minimum atomic E-state index is -0.282. The average molecular weight is 224 g/mol. The van der Waals surface area contributed by atoms with Gasteiger partial charge in [0.25, 0.3) is 0 Å². The quantitative estimate of drug-likeness (QED) is 0.469. The van der Waals surface area contributed by atoms with Gasteiger partial charge in [-0.15, -0.1) is 11.6 Å². The van der Waals surface area contributed by atoms with Crippen molar-refractivity contribution in [2.45, 2.75) is 31.8 Å². The second-order valence-corrected chi connectivity index (χ2v) is 4.22. The number of hydrogen-bond donors (Lipinski definition) is 1. The summed E-state index contributed by atoms with van der Waals surface area (Å²) in [7, 11) is 0. The molecule has 1 rings (SSSR count). The molecule has 14 heavy (non-hydrogen) atoms. The van der Waals surface area contributed by atoms with Crippen LogP contribution >= 0.6 is 11.6 Å². The van der Waals surface area contributed by atoms with Gasteiger partial charge in [-0.1, -0.05) is 37.3 Å². The number of alkyl halides is 1. The summed E-state index contributed by atoms with van der Waals surface area (Å²) in [6.07, 6.45) is 0.918. The van der Waals surface area contributed by atoms with E-state index < -0.39 is 0 Å². The van der Waals surface area contributed by atoms with Gasteiger partial charge in [0.2, 0.25) is 0 Å². The van der Waals surface area contributed by atoms with Gasteiger partial charge in [-0.05, 0) is 18.9 Å². The van der Waals surface area contributed by atoms with E-state index in [-0.39, 0.29) is 28.1 Å². The third-order valence-electron chi connectivity index (χ3n) is 2.17. The molecular weight excluding hydrogens is 206 g/mol. The lowest BCUT2D eigenvalue weighted by Gasteiger charge is -2.21. The van der Waals surface area contributed by atoms with Gasteiger partial charge in [0.05, 0.1) is 5.00 Å². The first-order valence-electron chi connectivity index (χ1n) is 4.62. The van der Waals surface area contributed by atoms with E-state index in [9.17, 15) is 0 Å². The van der Waals surface area contributed by atoms with Gasteiger partial charge in [0.15, 0.2) is 0 Å². The lowest BCUT2D eigenvalue weighted by molar-refractivity contribution is 0.476. The Hall–Kier alpha value is 0.236. The first-order valence-corrected chi connectivity index (χ1v) is 5.00. The van der Waals surface area contributed by atoms with Crippen LogP contribution in [0, 0.1) is 0 Å². The zero-order valence-electron chi connectivity index (χ0n) is 8.18. The normalized spacial score (nSPS) is 14.2. The van der Waals surface area contributed by atoms with E-state index >= 15 is 0 Å². The lowest BCUT2D eigenvalue weighted by Crippen LogP contribution is -2.35. The van der Waals surface area contributed by atoms with Gasteiger partial charge >= 0.3 is 23.1 Å². The van der Waals surface area contributed by atoms with E-state index in [1.165, 1.54) is 5.56 Å². The van der Waals surface area contributed by atoms with E-state index in [1.807, 2.05) is 25.1 Å². The monoisotopic (exact) mass is 223 g/mol. The lowest BCUT2D eigenvalue weighted by atomic mass is 10.2. The minimum absolute atomic E-state index is 0. The zero-order chi connectivity index (χ0) is 9.73. The van der Waals surface area contributed by atoms with Crippen LogP contribution in [0.15, 0.2) is 30.3 Å². The molecule has 0 aliphatic carbocycles. The van der Waals surface area contributed by atoms with Crippen LogP contribution < -0.4 is 5.32 Å². The molecule has 0 spiro atoms. The van der Waals surface area contributed by atoms with Crippen molar-refractivity contribution in [2.75, 3.05) is 0 Å². The molecule has 1 atom stereocenters. The van der Waals surface area contributed by atoms with E-state index in [2.05, 4.69) is 24.4 Å². The largest absolute Gasteiger partial charge is 0.316 e. The van der Waals surface area contributed by atoms with Crippen molar-refractivity contribution in [1.29, 1.82) is 0 Å². The fourth-order valence-electron chi connectivity index (χ4n) is 1.01. The summed E-state index contributed by atoms with van der Waals surface area (Å²) in [4.78, 5) is -0.282. The molecule has 0 radical (unpaired) electrons. The molecule has 1 N–H and O–H groups in total. The predicted octanol–water partition coefficient (Wildman–Crippen LogP) is 2.23. The van der Waals surface area contributed by atoms with Gasteiger partial charge in [-0.3, -0.25) is 5.32 Å². The fraction of sp³-hybridized carbons (Fsp3) is 0.455. The molecule has 0 bridgehead atoms. The maximum Gasteiger partial charge on any atom is 0.316 e. The van der Waals surface area contributed by atoms with Crippen LogP contribution in [-0.4, -0.2) is 28.1 Å². The molecule has 3 heteroatoms. The van der Waals surface area contributed by atoms with Crippen molar-refractivity contribution >= 4 is 34.7 Å². The standard InChI is InChI=1S/C11H16ClN.Mg.2H/c1-3-11(2,12)13-9-10-7-5-4-6-8-10;;;/h4-8,13H,3,9H2,1-2H3;;;. The molecule has 1 nitrogen and oxygen atoms in total. The molecule has 0 amide bonds. The third kappa shape index (κ3) is 5.20. The number of hydrogen-bond acceptors (Lipinski definition) is 1. The summed E-state index contributed by atoms with van der Waals surface area (Å²) in [5.74, 6) is 0. The van der Waals surface area contributed by atoms with Crippen molar-refractivity contribution in [3.05, 3.63) is 35.9 Å². The summed E-state index contributed by atoms with van der Waals surface area (Å²) in [5, 5.41) is 3.29. The van der Waals surface area contributed by atoms with Crippen LogP contribution in [0.2, 0.25) is 0 Å². The van der Waals surface area contributed by atoms with Gasteiger partial charge in [0.1, 0.15) is 0 Å². The molecule has 0 aromatic heterocycles. The van der Waals surface area contributed by atoms with Crippen molar-refractivity contribution < 1.29 is 0 Å². The van der Waals surface area contributed by atoms with Gasteiger partial charge in [0, 0.05) is 6.54 Å². The Morgan fingerprint density at radius 1 is 1.29 bits per heavy atom. The van der Waals surface area contributed by atoms with Gasteiger partial charge < -0.3 is 0 Å². The second-order valence-electron chi connectivity index (χ2n) is 3.39. The van der Waals surface area contributed by atoms with Crippen LogP contribution in [0.25, 0.3) is 0 Å². The third-order valence-corrected chi connectivity index (χ3v) is 2.57. The highest BCUT2D eigenvalue weighted by Crippen LogP contribution is 2.15. The molecule has 0 fully saturated rings. The number of halogens is 1. The van der Waals surface area contributed by atoms with Gasteiger partial charge in [-0.2, -0.15) is 0 Å². The summed E-state index contributed by atoms with van der Waals surface area (Å²) >= 11 is 6.16. The number of nitrogens with one attached hydrogen (secondary N) is 1. The Morgan fingerprint density at radius 2 is 1.86 bits per heavy atom. The molecule has 1 aromatic carbocycles. The van der Waals surface area contributed by atoms with E-state index in [4.69, 9.17) is 11.6 Å². The van der Waals surface area contributed by atoms with E-state index in [0.717, 1.165) is 13.0 Å². The highest BCUT2D eigenvalue weighted by atomic mass is 35.5. The van der Waals surface area contributed by atoms with Crippen LogP contribution in [0.1, 0.15) is 25.8 Å². The fourth-order valence-corrected chi connectivity index (χ4v) is 1.07. The highest BCUT2D eigenvalue weighted by molar-refractivity contribution is 6.23. The summed E-state index contributed by atoms with van der Waals surface area (Å²) in [6, 6.07) is 10.3. The van der Waals surface area contributed by atoms with Crippen molar-refractivity contribution in [1.82, 2.24) is 5.32 Å². The Kier molecular flexibility index (Phi) is 6.78. The van der Waals surface area contributed by atoms with Crippen LogP contribution in [0.4, 0.5) is 0 Å². The van der Waals surface area contributed by atoms with Crippen LogP contribution in [-0.2, 0) is 6.54 Å². The molecule has 0 aliphatic heterocycles. The Bertz CT molecular complexity index is 249. The zero-order valence-corrected chi connectivity index (χ0v) is 8.93. The molecule has 0 saturated heterocycles. The summed E-state index contributed by atoms with van der Waals surface area (Å²) in [5.41, 5.74) is 1.27. The smallest absolute Gasteiger partial charge is 0.295 e. The second kappa shape index (κ2) is 6.67. The summed E-state index contributed by atoms with van der Waals surface area (Å²) < 4.78 is 0. The highest BCUT2D eigenvalue weighted by Gasteiger charge is 2.15. The number of rotatable bonds is 4. The minimum Gasteiger partial charge on any atom is -0.295 e. The predicted molar refractivity (Wildman–Crippen MR) is 66.4 cm³/mol. The SMILES string of the molecule is CCC(C)(Cl)NCc1ccccc1.[MgH2]. The molecule has 76 valence electrons. The maximum atomic E-state index is 6.16. The molecule has 0 saturated carbocycles. The van der Waals surface area contributed by atoms with Crippen molar-refractivity contribution in [3.63, 3.8) is 0 Å². The van der Waals surface area contributed by atoms with Gasteiger partial charge in [-0.25, -0.2) is 0 Å². The van der Waals surface area contributed by atoms with Crippen molar-refractivity contribution in [2.24, 2.45) is 0 Å². The first kappa shape index (κ1) is 14.2. The Morgan fingerprint density at radius 3 is 2.36 bits per heavy atom. The van der Waals surface area contributed by atoms with Crippen LogP contribution in [0.3, 0.4) is 0 Å². The van der Waals surface area contributed by atoms with E-state index in [0.29, 0.717) is 0 Å².